The molecule has 0 saturated carbocycles. The third-order valence-corrected chi connectivity index (χ3v) is 5.12. The first-order valence-electron chi connectivity index (χ1n) is 6.15. The molecule has 1 atom stereocenters. The Labute approximate surface area is 135 Å². The van der Waals surface area contributed by atoms with E-state index < -0.39 is 38.5 Å². The standard InChI is InChI=1S/C14H10ClF2NO4S/c15-8-1-4-10(5-2-8)23(21,22)13(18-14(19)20)11-7-9(16)3-6-12(11)17/h1-7,13,18H,(H,19,20). The molecule has 2 aromatic carbocycles. The maximum atomic E-state index is 13.9. The number of nitrogens with one attached hydrogen (secondary N) is 1. The number of hydrogen-bond acceptors (Lipinski definition) is 3. The molecular weight excluding hydrogens is 352 g/mol. The molecule has 0 bridgehead atoms. The van der Waals surface area contributed by atoms with Crippen LogP contribution in [0.5, 0.6) is 0 Å². The van der Waals surface area contributed by atoms with Crippen molar-refractivity contribution in [3.8, 4) is 0 Å². The van der Waals surface area contributed by atoms with E-state index in [1.165, 1.54) is 12.1 Å². The van der Waals surface area contributed by atoms with E-state index in [2.05, 4.69) is 0 Å². The van der Waals surface area contributed by atoms with Crippen molar-refractivity contribution >= 4 is 27.5 Å². The normalized spacial score (nSPS) is 12.7. The summed E-state index contributed by atoms with van der Waals surface area (Å²) in [6, 6.07) is 7.01. The van der Waals surface area contributed by atoms with Crippen LogP contribution in [0.2, 0.25) is 5.02 Å². The van der Waals surface area contributed by atoms with Gasteiger partial charge in [0.05, 0.1) is 4.90 Å². The lowest BCUT2D eigenvalue weighted by molar-refractivity contribution is 0.193. The number of amides is 1. The quantitative estimate of drug-likeness (QED) is 0.874. The first-order valence-corrected chi connectivity index (χ1v) is 8.08. The summed E-state index contributed by atoms with van der Waals surface area (Å²) in [6.45, 7) is 0. The predicted molar refractivity (Wildman–Crippen MR) is 78.9 cm³/mol. The Morgan fingerprint density at radius 1 is 1.13 bits per heavy atom. The predicted octanol–water partition coefficient (Wildman–Crippen LogP) is 3.36. The lowest BCUT2D eigenvalue weighted by Crippen LogP contribution is -2.33. The molecule has 1 amide bonds. The molecule has 0 radical (unpaired) electrons. The summed E-state index contributed by atoms with van der Waals surface area (Å²) < 4.78 is 52.4. The molecule has 0 aliphatic carbocycles. The minimum Gasteiger partial charge on any atom is -0.465 e. The number of benzene rings is 2. The van der Waals surface area contributed by atoms with Gasteiger partial charge in [0.25, 0.3) is 0 Å². The highest BCUT2D eigenvalue weighted by atomic mass is 35.5. The summed E-state index contributed by atoms with van der Waals surface area (Å²) in [5, 5.41) is 8.82. The van der Waals surface area contributed by atoms with E-state index in [9.17, 15) is 22.0 Å². The Balaban J connectivity index is 2.60. The SMILES string of the molecule is O=C(O)NC(c1cc(F)ccc1F)S(=O)(=O)c1ccc(Cl)cc1. The monoisotopic (exact) mass is 361 g/mol. The smallest absolute Gasteiger partial charge is 0.405 e. The number of halogens is 3. The zero-order valence-corrected chi connectivity index (χ0v) is 12.9. The summed E-state index contributed by atoms with van der Waals surface area (Å²) in [5.74, 6) is -1.95. The van der Waals surface area contributed by atoms with Crippen molar-refractivity contribution in [1.82, 2.24) is 5.32 Å². The van der Waals surface area contributed by atoms with Crippen LogP contribution in [0.15, 0.2) is 47.4 Å². The molecule has 0 saturated heterocycles. The van der Waals surface area contributed by atoms with Gasteiger partial charge in [0.1, 0.15) is 11.6 Å². The lowest BCUT2D eigenvalue weighted by atomic mass is 10.2. The van der Waals surface area contributed by atoms with E-state index in [1.807, 2.05) is 0 Å². The van der Waals surface area contributed by atoms with Gasteiger partial charge in [0.2, 0.25) is 9.84 Å². The highest BCUT2D eigenvalue weighted by molar-refractivity contribution is 7.91. The third kappa shape index (κ3) is 3.77. The molecule has 0 aromatic heterocycles. The van der Waals surface area contributed by atoms with Crippen LogP contribution in [0.3, 0.4) is 0 Å². The molecule has 0 heterocycles. The molecule has 1 unspecified atom stereocenters. The number of rotatable bonds is 4. The van der Waals surface area contributed by atoms with Crippen LogP contribution in [0.4, 0.5) is 13.6 Å². The number of sulfone groups is 1. The van der Waals surface area contributed by atoms with E-state index >= 15 is 0 Å². The summed E-state index contributed by atoms with van der Waals surface area (Å²) >= 11 is 5.67. The molecule has 5 nitrogen and oxygen atoms in total. The molecule has 2 N–H and O–H groups in total. The molecule has 0 aliphatic heterocycles. The van der Waals surface area contributed by atoms with Crippen LogP contribution in [-0.2, 0) is 9.84 Å². The number of carboxylic acid groups (broad SMARTS) is 1. The number of hydrogen-bond donors (Lipinski definition) is 2. The second-order valence-electron chi connectivity index (χ2n) is 4.49. The summed E-state index contributed by atoms with van der Waals surface area (Å²) in [4.78, 5) is 10.6. The van der Waals surface area contributed by atoms with Gasteiger partial charge in [0.15, 0.2) is 5.37 Å². The van der Waals surface area contributed by atoms with Gasteiger partial charge in [-0.3, -0.25) is 0 Å². The largest absolute Gasteiger partial charge is 0.465 e. The molecule has 0 aliphatic rings. The van der Waals surface area contributed by atoms with E-state index in [0.717, 1.165) is 24.3 Å². The van der Waals surface area contributed by atoms with Gasteiger partial charge in [-0.15, -0.1) is 0 Å². The average molecular weight is 362 g/mol. The molecule has 2 aromatic rings. The van der Waals surface area contributed by atoms with Crippen LogP contribution in [0.25, 0.3) is 0 Å². The van der Waals surface area contributed by atoms with E-state index in [-0.39, 0.29) is 9.92 Å². The minimum absolute atomic E-state index is 0.267. The second-order valence-corrected chi connectivity index (χ2v) is 6.96. The Morgan fingerprint density at radius 3 is 2.30 bits per heavy atom. The van der Waals surface area contributed by atoms with Crippen LogP contribution >= 0.6 is 11.6 Å². The van der Waals surface area contributed by atoms with Crippen molar-refractivity contribution in [3.63, 3.8) is 0 Å². The lowest BCUT2D eigenvalue weighted by Gasteiger charge is -2.19. The van der Waals surface area contributed by atoms with E-state index in [1.54, 1.807) is 5.32 Å². The third-order valence-electron chi connectivity index (χ3n) is 2.95. The van der Waals surface area contributed by atoms with Gasteiger partial charge >= 0.3 is 6.09 Å². The Hall–Kier alpha value is -2.19. The van der Waals surface area contributed by atoms with Crippen LogP contribution in [-0.4, -0.2) is 19.6 Å². The molecule has 23 heavy (non-hydrogen) atoms. The second kappa shape index (κ2) is 6.51. The zero-order chi connectivity index (χ0) is 17.2. The fourth-order valence-electron chi connectivity index (χ4n) is 1.91. The first kappa shape index (κ1) is 17.2. The molecule has 9 heteroatoms. The van der Waals surface area contributed by atoms with Crippen molar-refractivity contribution in [2.45, 2.75) is 10.3 Å². The number of carbonyl (C=O) groups is 1. The van der Waals surface area contributed by atoms with Gasteiger partial charge in [0, 0.05) is 10.6 Å². The van der Waals surface area contributed by atoms with Crippen molar-refractivity contribution in [3.05, 3.63) is 64.7 Å². The first-order chi connectivity index (χ1) is 10.7. The van der Waals surface area contributed by atoms with E-state index in [4.69, 9.17) is 16.7 Å². The Kier molecular flexibility index (Phi) is 4.86. The topological polar surface area (TPSA) is 83.5 Å². The molecule has 122 valence electrons. The molecule has 0 spiro atoms. The van der Waals surface area contributed by atoms with E-state index in [0.29, 0.717) is 6.07 Å². The molecule has 0 fully saturated rings. The van der Waals surface area contributed by atoms with Crippen molar-refractivity contribution < 1.29 is 27.1 Å². The maximum absolute atomic E-state index is 13.9. The fourth-order valence-corrected chi connectivity index (χ4v) is 3.60. The highest BCUT2D eigenvalue weighted by Crippen LogP contribution is 2.29. The van der Waals surface area contributed by atoms with Gasteiger partial charge in [-0.05, 0) is 42.5 Å². The van der Waals surface area contributed by atoms with Crippen molar-refractivity contribution in [2.24, 2.45) is 0 Å². The summed E-state index contributed by atoms with van der Waals surface area (Å²) in [7, 11) is -4.36. The molecule has 2 rings (SSSR count). The Bertz CT molecular complexity index is 840. The summed E-state index contributed by atoms with van der Waals surface area (Å²) in [6.07, 6.45) is -1.70. The van der Waals surface area contributed by atoms with Crippen molar-refractivity contribution in [2.75, 3.05) is 0 Å². The fraction of sp³-hybridized carbons (Fsp3) is 0.0714. The molecular formula is C14H10ClF2NO4S. The van der Waals surface area contributed by atoms with Crippen LogP contribution < -0.4 is 5.32 Å². The summed E-state index contributed by atoms with van der Waals surface area (Å²) in [5.41, 5.74) is -0.637. The van der Waals surface area contributed by atoms with Gasteiger partial charge in [-0.1, -0.05) is 11.6 Å². The maximum Gasteiger partial charge on any atom is 0.405 e. The van der Waals surface area contributed by atoms with Crippen molar-refractivity contribution in [1.29, 1.82) is 0 Å². The average Bonchev–Trinajstić information content (AvgIpc) is 2.47. The van der Waals surface area contributed by atoms with Gasteiger partial charge in [-0.2, -0.15) is 0 Å². The van der Waals surface area contributed by atoms with Gasteiger partial charge in [-0.25, -0.2) is 22.0 Å². The minimum atomic E-state index is -4.36. The van der Waals surface area contributed by atoms with Crippen LogP contribution in [0.1, 0.15) is 10.9 Å². The van der Waals surface area contributed by atoms with Crippen LogP contribution in [0, 0.1) is 11.6 Å². The Morgan fingerprint density at radius 2 is 1.74 bits per heavy atom. The van der Waals surface area contributed by atoms with Gasteiger partial charge < -0.3 is 10.4 Å². The zero-order valence-electron chi connectivity index (χ0n) is 11.3. The highest BCUT2D eigenvalue weighted by Gasteiger charge is 2.33.